The van der Waals surface area contributed by atoms with Crippen molar-refractivity contribution in [3.63, 3.8) is 0 Å². The number of unbranched alkanes of at least 4 members (excludes halogenated alkanes) is 11. The number of hydrogen-bond donors (Lipinski definition) is 0. The molecule has 0 aromatic carbocycles. The van der Waals surface area contributed by atoms with E-state index in [1.807, 2.05) is 0 Å². The van der Waals surface area contributed by atoms with Crippen LogP contribution in [0.2, 0.25) is 0 Å². The summed E-state index contributed by atoms with van der Waals surface area (Å²) in [5, 5.41) is 0. The average molecular weight is 603 g/mol. The summed E-state index contributed by atoms with van der Waals surface area (Å²) < 4.78 is 25.0. The summed E-state index contributed by atoms with van der Waals surface area (Å²) in [6.45, 7) is 2.54. The molecule has 0 rings (SSSR count). The fourth-order valence-electron chi connectivity index (χ4n) is 3.18. The number of phosphoric ester groups is 1. The number of carbonyl (C=O) groups excluding carboxylic acids is 2. The van der Waals surface area contributed by atoms with Crippen LogP contribution in [0.4, 0.5) is 0 Å². The van der Waals surface area contributed by atoms with E-state index in [9.17, 15) is 23.9 Å². The first-order valence-corrected chi connectivity index (χ1v) is 14.7. The van der Waals surface area contributed by atoms with Gasteiger partial charge >= 0.3 is 71.1 Å². The maximum atomic E-state index is 12.1. The van der Waals surface area contributed by atoms with Crippen LogP contribution in [0, 0.1) is 59.2 Å². The molecule has 0 aliphatic heterocycles. The van der Waals surface area contributed by atoms with Crippen LogP contribution < -0.4 is 68.9 Å². The number of rotatable bonds is 19. The van der Waals surface area contributed by atoms with Gasteiger partial charge in [0.1, 0.15) is 6.61 Å². The molecule has 0 heterocycles. The van der Waals surface area contributed by atoms with E-state index in [0.29, 0.717) is 6.42 Å². The van der Waals surface area contributed by atoms with Gasteiger partial charge in [-0.2, -0.15) is 0 Å². The van der Waals surface area contributed by atoms with E-state index in [1.54, 1.807) is 6.92 Å². The molecule has 0 aromatic heterocycles. The molecule has 0 saturated heterocycles. The molecule has 8 nitrogen and oxygen atoms in total. The number of esters is 2. The zero-order valence-corrected chi connectivity index (χ0v) is 29.8. The van der Waals surface area contributed by atoms with E-state index < -0.39 is 39.1 Å². The molecule has 0 saturated carbocycles. The van der Waals surface area contributed by atoms with E-state index in [-0.39, 0.29) is 65.5 Å². The molecular weight excluding hydrogens is 565 g/mol. The Morgan fingerprint density at radius 2 is 1.17 bits per heavy atom. The van der Waals surface area contributed by atoms with Crippen molar-refractivity contribution < 1.29 is 97.1 Å². The van der Waals surface area contributed by atoms with Crippen LogP contribution >= 0.6 is 7.82 Å². The molecule has 212 valence electrons. The summed E-state index contributed by atoms with van der Waals surface area (Å²) in [5.74, 6) is 22.2. The van der Waals surface area contributed by atoms with E-state index in [1.165, 1.54) is 51.4 Å². The third-order valence-electron chi connectivity index (χ3n) is 5.08. The zero-order valence-electron chi connectivity index (χ0n) is 24.9. The van der Waals surface area contributed by atoms with Gasteiger partial charge in [0, 0.05) is 12.3 Å². The smallest absolute Gasteiger partial charge is 0.790 e. The second-order valence-electron chi connectivity index (χ2n) is 8.47. The van der Waals surface area contributed by atoms with Crippen LogP contribution in [0.15, 0.2) is 0 Å². The Labute approximate surface area is 290 Å². The summed E-state index contributed by atoms with van der Waals surface area (Å²) in [6.07, 6.45) is 12.6. The number of phosphoric acid groups is 1. The van der Waals surface area contributed by atoms with Gasteiger partial charge in [-0.3, -0.25) is 4.79 Å². The molecular formula is C30H37Na2O8P. The molecule has 0 aliphatic carbocycles. The van der Waals surface area contributed by atoms with Crippen molar-refractivity contribution in [1.29, 1.82) is 0 Å². The first-order chi connectivity index (χ1) is 18.8. The van der Waals surface area contributed by atoms with Gasteiger partial charge in [0.25, 0.3) is 0 Å². The molecule has 0 fully saturated rings. The van der Waals surface area contributed by atoms with Crippen molar-refractivity contribution in [2.24, 2.45) is 0 Å². The van der Waals surface area contributed by atoms with Crippen LogP contribution in [0.1, 0.15) is 97.3 Å². The Hall–Kier alpha value is -1.15. The summed E-state index contributed by atoms with van der Waals surface area (Å²) in [5.41, 5.74) is 0. The average Bonchev–Trinajstić information content (AvgIpc) is 2.89. The third-order valence-corrected chi connectivity index (χ3v) is 5.54. The van der Waals surface area contributed by atoms with Crippen molar-refractivity contribution in [3.8, 4) is 59.2 Å². The molecule has 0 N–H and O–H groups in total. The largest absolute Gasteiger partial charge is 1.00 e. The van der Waals surface area contributed by atoms with Crippen LogP contribution in [0.5, 0.6) is 0 Å². The monoisotopic (exact) mass is 602 g/mol. The Bertz CT molecular complexity index is 1090. The van der Waals surface area contributed by atoms with Gasteiger partial charge in [0.2, 0.25) is 0 Å². The van der Waals surface area contributed by atoms with E-state index in [2.05, 4.69) is 70.7 Å². The van der Waals surface area contributed by atoms with E-state index in [0.717, 1.165) is 19.3 Å². The number of hydrogen-bond acceptors (Lipinski definition) is 8. The van der Waals surface area contributed by atoms with Gasteiger partial charge in [-0.05, 0) is 60.7 Å². The van der Waals surface area contributed by atoms with Gasteiger partial charge < -0.3 is 28.3 Å². The van der Waals surface area contributed by atoms with Crippen LogP contribution in [-0.4, -0.2) is 31.3 Å². The Kier molecular flexibility index (Phi) is 34.3. The van der Waals surface area contributed by atoms with Gasteiger partial charge in [-0.1, -0.05) is 83.5 Å². The Morgan fingerprint density at radius 1 is 0.707 bits per heavy atom. The Morgan fingerprint density at radius 3 is 1.66 bits per heavy atom. The minimum Gasteiger partial charge on any atom is -0.790 e. The standard InChI is InChI=1S/C30H39O8P.2Na/c1-3-5-7-9-11-13-14-15-17-19-21-23-25-30(32)38-28(27-37-39(33,34)35)26-36-29(31)24-22-20-18-16-12-10-8-6-4-2;;/h28H,3,5,7,9,11,13-15,17,19,21,23,25-27H2,1-2H3,(H2,33,34,35);;/q;2*+1/p-2/t28-;;/m0../s1. The molecule has 0 spiro atoms. The summed E-state index contributed by atoms with van der Waals surface area (Å²) >= 11 is 0. The summed E-state index contributed by atoms with van der Waals surface area (Å²) in [4.78, 5) is 45.5. The number of ether oxygens (including phenoxy) is 2. The van der Waals surface area contributed by atoms with Crippen LogP contribution in [0.25, 0.3) is 0 Å². The molecule has 0 aromatic rings. The predicted octanol–water partition coefficient (Wildman–Crippen LogP) is -2.58. The van der Waals surface area contributed by atoms with Crippen LogP contribution in [-0.2, 0) is 28.2 Å². The molecule has 1 atom stereocenters. The van der Waals surface area contributed by atoms with Crippen molar-refractivity contribution >= 4 is 19.8 Å². The second-order valence-corrected chi connectivity index (χ2v) is 9.62. The molecule has 0 bridgehead atoms. The van der Waals surface area contributed by atoms with Gasteiger partial charge in [0.15, 0.2) is 6.10 Å². The van der Waals surface area contributed by atoms with Gasteiger partial charge in [-0.15, -0.1) is 0 Å². The molecule has 11 heteroatoms. The van der Waals surface area contributed by atoms with E-state index in [4.69, 9.17) is 9.47 Å². The fourth-order valence-corrected chi connectivity index (χ4v) is 3.53. The zero-order chi connectivity index (χ0) is 29.0. The quantitative estimate of drug-likeness (QED) is 0.0395. The number of carbonyl (C=O) groups is 2. The third kappa shape index (κ3) is 35.0. The summed E-state index contributed by atoms with van der Waals surface area (Å²) in [6, 6.07) is 0. The van der Waals surface area contributed by atoms with E-state index >= 15 is 0 Å². The van der Waals surface area contributed by atoms with Crippen molar-refractivity contribution in [3.05, 3.63) is 0 Å². The molecule has 0 amide bonds. The maximum absolute atomic E-state index is 12.1. The molecule has 0 aliphatic rings. The topological polar surface area (TPSA) is 125 Å². The normalized spacial score (nSPS) is 9.85. The fraction of sp³-hybridized carbons (Fsp3) is 0.600. The SMILES string of the molecule is CC#CC#CC#CC#CC#CC(=O)OC[C@@H](COP(=O)([O-])[O-])OC(=O)CCCCCCCCCCCCCC.[Na+].[Na+]. The van der Waals surface area contributed by atoms with Crippen LogP contribution in [0.3, 0.4) is 0 Å². The first kappa shape index (κ1) is 44.3. The maximum Gasteiger partial charge on any atom is 1.00 e. The predicted molar refractivity (Wildman–Crippen MR) is 145 cm³/mol. The van der Waals surface area contributed by atoms with Crippen molar-refractivity contribution in [1.82, 2.24) is 0 Å². The second kappa shape index (κ2) is 31.8. The molecule has 0 unspecified atom stereocenters. The van der Waals surface area contributed by atoms with Crippen molar-refractivity contribution in [2.45, 2.75) is 103 Å². The minimum absolute atomic E-state index is 0. The minimum atomic E-state index is -5.31. The first-order valence-electron chi connectivity index (χ1n) is 13.2. The molecule has 41 heavy (non-hydrogen) atoms. The summed E-state index contributed by atoms with van der Waals surface area (Å²) in [7, 11) is -5.31. The molecule has 0 radical (unpaired) electrons. The van der Waals surface area contributed by atoms with Gasteiger partial charge in [-0.25, -0.2) is 4.79 Å². The van der Waals surface area contributed by atoms with Gasteiger partial charge in [0.05, 0.1) is 14.4 Å². The Balaban J connectivity index is -0.00000722. The van der Waals surface area contributed by atoms with Crippen molar-refractivity contribution in [2.75, 3.05) is 13.2 Å².